The molecule has 3 aromatic rings. The number of primary sulfonamides is 1. The highest BCUT2D eigenvalue weighted by Crippen LogP contribution is 2.24. The Kier molecular flexibility index (Phi) is 9.33. The smallest absolute Gasteiger partial charge is 0.305 e. The molecule has 0 spiro atoms. The fourth-order valence-corrected chi connectivity index (χ4v) is 4.42. The van der Waals surface area contributed by atoms with Gasteiger partial charge in [0, 0.05) is 24.3 Å². The van der Waals surface area contributed by atoms with Crippen molar-refractivity contribution >= 4 is 21.9 Å². The second-order valence-corrected chi connectivity index (χ2v) is 10.4. The summed E-state index contributed by atoms with van der Waals surface area (Å²) in [7, 11) is -3.84. The normalized spacial score (nSPS) is 13.2. The van der Waals surface area contributed by atoms with E-state index in [2.05, 4.69) is 10.3 Å². The monoisotopic (exact) mass is 548 g/mol. The van der Waals surface area contributed by atoms with Crippen LogP contribution in [0.3, 0.4) is 0 Å². The zero-order valence-corrected chi connectivity index (χ0v) is 21.4. The largest absolute Gasteiger partial charge is 0.481 e. The van der Waals surface area contributed by atoms with Crippen molar-refractivity contribution in [2.75, 3.05) is 0 Å². The van der Waals surface area contributed by atoms with Gasteiger partial charge in [-0.05, 0) is 61.7 Å². The number of carbonyl (C=O) groups is 2. The summed E-state index contributed by atoms with van der Waals surface area (Å²) in [5.41, 5.74) is 1.74. The number of rotatable bonds is 12. The second-order valence-electron chi connectivity index (χ2n) is 8.83. The highest BCUT2D eigenvalue weighted by Gasteiger charge is 2.22. The average Bonchev–Trinajstić information content (AvgIpc) is 3.17. The van der Waals surface area contributed by atoms with Gasteiger partial charge in [-0.2, -0.15) is 0 Å². The Bertz CT molecular complexity index is 1390. The fraction of sp³-hybridized carbons (Fsp3) is 0.320. The van der Waals surface area contributed by atoms with Gasteiger partial charge in [0.25, 0.3) is 5.91 Å². The van der Waals surface area contributed by atoms with Gasteiger partial charge in [0.15, 0.2) is 0 Å². The summed E-state index contributed by atoms with van der Waals surface area (Å²) >= 11 is 0. The molecule has 0 unspecified atom stereocenters. The molecule has 13 heteroatoms. The van der Waals surface area contributed by atoms with E-state index < -0.39 is 46.3 Å². The van der Waals surface area contributed by atoms with Crippen LogP contribution in [0.25, 0.3) is 11.4 Å². The van der Waals surface area contributed by atoms with E-state index in [9.17, 15) is 32.6 Å². The molecule has 1 amide bonds. The molecule has 0 aliphatic rings. The van der Waals surface area contributed by atoms with Crippen molar-refractivity contribution in [3.63, 3.8) is 0 Å². The minimum absolute atomic E-state index is 0.0521. The van der Waals surface area contributed by atoms with Gasteiger partial charge >= 0.3 is 5.97 Å². The number of aliphatic hydroxyl groups excluding tert-OH is 2. The number of carboxylic acids is 1. The molecular weight excluding hydrogens is 519 g/mol. The maximum atomic E-state index is 13.5. The number of carboxylic acid groups (broad SMARTS) is 1. The third kappa shape index (κ3) is 7.68. The number of nitrogens with zero attached hydrogens (tertiary/aromatic N) is 2. The number of hydrogen-bond acceptors (Lipinski definition) is 7. The molecule has 2 atom stereocenters. The molecule has 0 bridgehead atoms. The van der Waals surface area contributed by atoms with E-state index in [4.69, 9.17) is 10.2 Å². The van der Waals surface area contributed by atoms with E-state index in [0.717, 1.165) is 0 Å². The molecule has 204 valence electrons. The van der Waals surface area contributed by atoms with Crippen LogP contribution < -0.4 is 10.5 Å². The number of amides is 1. The average molecular weight is 549 g/mol. The topological polar surface area (TPSA) is 185 Å². The fourth-order valence-electron chi connectivity index (χ4n) is 3.90. The first-order valence-electron chi connectivity index (χ1n) is 11.7. The molecule has 2 aromatic carbocycles. The molecule has 0 aliphatic heterocycles. The molecule has 1 aromatic heterocycles. The number of halogens is 1. The highest BCUT2D eigenvalue weighted by atomic mass is 32.2. The molecule has 0 saturated heterocycles. The van der Waals surface area contributed by atoms with Gasteiger partial charge in [0.05, 0.1) is 23.5 Å². The van der Waals surface area contributed by atoms with Gasteiger partial charge in [-0.3, -0.25) is 9.59 Å². The molecule has 0 saturated carbocycles. The Morgan fingerprint density at radius 3 is 2.29 bits per heavy atom. The minimum Gasteiger partial charge on any atom is -0.481 e. The van der Waals surface area contributed by atoms with Gasteiger partial charge < -0.3 is 25.2 Å². The zero-order chi connectivity index (χ0) is 28.0. The lowest BCUT2D eigenvalue weighted by Gasteiger charge is -2.16. The number of imidazole rings is 1. The lowest BCUT2D eigenvalue weighted by molar-refractivity contribution is -0.139. The number of sulfonamides is 1. The number of aliphatic hydroxyl groups is 2. The molecule has 1 heterocycles. The number of aromatic nitrogens is 2. The summed E-state index contributed by atoms with van der Waals surface area (Å²) in [6, 6.07) is 11.2. The first-order chi connectivity index (χ1) is 17.8. The predicted octanol–water partition coefficient (Wildman–Crippen LogP) is 1.55. The van der Waals surface area contributed by atoms with E-state index in [1.54, 1.807) is 11.5 Å². The summed E-state index contributed by atoms with van der Waals surface area (Å²) in [6.07, 6.45) is -2.70. The Balaban J connectivity index is 1.79. The van der Waals surface area contributed by atoms with Crippen molar-refractivity contribution in [3.05, 3.63) is 71.3 Å². The summed E-state index contributed by atoms with van der Waals surface area (Å²) in [4.78, 5) is 28.2. The van der Waals surface area contributed by atoms with Crippen LogP contribution in [0.5, 0.6) is 0 Å². The van der Waals surface area contributed by atoms with E-state index in [0.29, 0.717) is 22.6 Å². The number of benzene rings is 2. The summed E-state index contributed by atoms with van der Waals surface area (Å²) in [6.45, 7) is 1.94. The van der Waals surface area contributed by atoms with Crippen molar-refractivity contribution in [1.29, 1.82) is 0 Å². The zero-order valence-electron chi connectivity index (χ0n) is 20.5. The molecule has 0 fully saturated rings. The standard InChI is InChI=1S/C25H29FN4O7S/c1-15-23(25(35)28-14-16-2-8-21(9-3-16)38(27,36)37)29-24(17-4-6-18(26)7-5-17)30(15)11-10-19(31)12-20(32)13-22(33)34/h2-9,19-20,31-32H,10-14H2,1H3,(H,28,35)(H,33,34)(H2,27,36,37)/t19-,20-/m1/s1. The van der Waals surface area contributed by atoms with E-state index in [1.807, 2.05) is 0 Å². The van der Waals surface area contributed by atoms with Crippen LogP contribution >= 0.6 is 0 Å². The maximum absolute atomic E-state index is 13.5. The van der Waals surface area contributed by atoms with E-state index in [-0.39, 0.29) is 36.5 Å². The molecular formula is C25H29FN4O7S. The van der Waals surface area contributed by atoms with Crippen LogP contribution in [-0.4, -0.2) is 57.4 Å². The van der Waals surface area contributed by atoms with Crippen molar-refractivity contribution in [2.45, 2.75) is 56.4 Å². The van der Waals surface area contributed by atoms with Gasteiger partial charge in [-0.1, -0.05) is 12.1 Å². The number of hydrogen-bond donors (Lipinski definition) is 5. The maximum Gasteiger partial charge on any atom is 0.305 e. The number of aliphatic carboxylic acids is 1. The van der Waals surface area contributed by atoms with Crippen LogP contribution in [0.2, 0.25) is 0 Å². The first-order valence-corrected chi connectivity index (χ1v) is 13.2. The van der Waals surface area contributed by atoms with Crippen molar-refractivity contribution < 1.29 is 37.7 Å². The van der Waals surface area contributed by atoms with Crippen LogP contribution in [-0.2, 0) is 27.9 Å². The first kappa shape index (κ1) is 28.9. The molecule has 38 heavy (non-hydrogen) atoms. The third-order valence-electron chi connectivity index (χ3n) is 5.88. The third-order valence-corrected chi connectivity index (χ3v) is 6.81. The van der Waals surface area contributed by atoms with Crippen molar-refractivity contribution in [2.24, 2.45) is 5.14 Å². The predicted molar refractivity (Wildman–Crippen MR) is 135 cm³/mol. The lowest BCUT2D eigenvalue weighted by atomic mass is 10.1. The van der Waals surface area contributed by atoms with Gasteiger partial charge in [0.2, 0.25) is 10.0 Å². The Hall–Kier alpha value is -3.65. The van der Waals surface area contributed by atoms with Crippen LogP contribution in [0, 0.1) is 12.7 Å². The quantitative estimate of drug-likeness (QED) is 0.226. The number of nitrogens with one attached hydrogen (secondary N) is 1. The molecule has 3 rings (SSSR count). The van der Waals surface area contributed by atoms with Crippen LogP contribution in [0.4, 0.5) is 4.39 Å². The SMILES string of the molecule is Cc1c(C(=O)NCc2ccc(S(N)(=O)=O)cc2)nc(-c2ccc(F)cc2)n1CC[C@@H](O)C[C@@H](O)CC(=O)O. The minimum atomic E-state index is -3.84. The number of nitrogens with two attached hydrogens (primary N) is 1. The molecule has 0 aliphatic carbocycles. The Morgan fingerprint density at radius 2 is 1.71 bits per heavy atom. The second kappa shape index (κ2) is 12.3. The van der Waals surface area contributed by atoms with Crippen LogP contribution in [0.1, 0.15) is 41.0 Å². The van der Waals surface area contributed by atoms with Gasteiger partial charge in [0.1, 0.15) is 17.3 Å². The summed E-state index contributed by atoms with van der Waals surface area (Å²) < 4.78 is 38.0. The van der Waals surface area contributed by atoms with Crippen molar-refractivity contribution in [1.82, 2.24) is 14.9 Å². The lowest BCUT2D eigenvalue weighted by Crippen LogP contribution is -2.24. The van der Waals surface area contributed by atoms with E-state index >= 15 is 0 Å². The van der Waals surface area contributed by atoms with Crippen molar-refractivity contribution in [3.8, 4) is 11.4 Å². The Morgan fingerprint density at radius 1 is 1.08 bits per heavy atom. The van der Waals surface area contributed by atoms with E-state index in [1.165, 1.54) is 48.5 Å². The summed E-state index contributed by atoms with van der Waals surface area (Å²) in [5, 5.41) is 36.7. The highest BCUT2D eigenvalue weighted by molar-refractivity contribution is 7.89. The summed E-state index contributed by atoms with van der Waals surface area (Å²) in [5.74, 6) is -1.76. The van der Waals surface area contributed by atoms with Gasteiger partial charge in [-0.25, -0.2) is 22.9 Å². The Labute approximate surface area is 218 Å². The molecule has 6 N–H and O–H groups in total. The van der Waals surface area contributed by atoms with Crippen LogP contribution in [0.15, 0.2) is 53.4 Å². The van der Waals surface area contributed by atoms with Gasteiger partial charge in [-0.15, -0.1) is 0 Å². The molecule has 11 nitrogen and oxygen atoms in total. The number of carbonyl (C=O) groups excluding carboxylic acids is 1. The molecule has 0 radical (unpaired) electrons.